The van der Waals surface area contributed by atoms with Gasteiger partial charge in [0.05, 0.1) is 25.4 Å². The molecule has 0 radical (unpaired) electrons. The van der Waals surface area contributed by atoms with Gasteiger partial charge in [-0.3, -0.25) is 9.69 Å². The lowest BCUT2D eigenvalue weighted by atomic mass is 10.1. The molecule has 1 amide bonds. The summed E-state index contributed by atoms with van der Waals surface area (Å²) in [5.41, 5.74) is 3.02. The van der Waals surface area contributed by atoms with Crippen LogP contribution in [0, 0.1) is 0 Å². The second kappa shape index (κ2) is 10.1. The summed E-state index contributed by atoms with van der Waals surface area (Å²) in [5.74, 6) is 1.80. The molecular weight excluding hydrogens is 388 g/mol. The second-order valence-electron chi connectivity index (χ2n) is 7.73. The molecule has 2 heterocycles. The van der Waals surface area contributed by atoms with Gasteiger partial charge in [-0.05, 0) is 35.4 Å². The third-order valence-electron chi connectivity index (χ3n) is 5.50. The Balaban J connectivity index is 1.25. The van der Waals surface area contributed by atoms with Gasteiger partial charge in [0, 0.05) is 32.7 Å². The fourth-order valence-corrected chi connectivity index (χ4v) is 3.76. The Bertz CT molecular complexity index is 967. The van der Waals surface area contributed by atoms with Crippen molar-refractivity contribution in [3.05, 3.63) is 84.1 Å². The summed E-state index contributed by atoms with van der Waals surface area (Å²) in [4.78, 5) is 21.5. The average Bonchev–Trinajstić information content (AvgIpc) is 2.81. The molecular formula is C25H28N4O2. The summed E-state index contributed by atoms with van der Waals surface area (Å²) in [6.07, 6.45) is 2.10. The third kappa shape index (κ3) is 5.83. The number of piperazine rings is 1. The molecule has 0 aliphatic carbocycles. The van der Waals surface area contributed by atoms with Crippen LogP contribution in [0.2, 0.25) is 0 Å². The van der Waals surface area contributed by atoms with Crippen LogP contribution in [0.4, 0.5) is 11.5 Å². The van der Waals surface area contributed by atoms with Crippen LogP contribution in [-0.4, -0.2) is 49.1 Å². The smallest absolute Gasteiger partial charge is 0.228 e. The lowest BCUT2D eigenvalue weighted by Crippen LogP contribution is -2.46. The number of amides is 1. The Morgan fingerprint density at radius 2 is 1.68 bits per heavy atom. The largest absolute Gasteiger partial charge is 0.497 e. The molecule has 0 unspecified atom stereocenters. The summed E-state index contributed by atoms with van der Waals surface area (Å²) < 4.78 is 5.23. The van der Waals surface area contributed by atoms with Crippen LogP contribution in [0.3, 0.4) is 0 Å². The maximum Gasteiger partial charge on any atom is 0.228 e. The standard InChI is InChI=1S/C25H28N4O2/c1-31-23-10-7-21(8-11-23)19-28-13-15-29(16-14-28)24-12-9-22(18-26-24)27-25(30)17-20-5-3-2-4-6-20/h2-12,18H,13-17,19H2,1H3,(H,27,30). The SMILES string of the molecule is COc1ccc(CN2CCN(c3ccc(NC(=O)Cc4ccccc4)cn3)CC2)cc1. The van der Waals surface area contributed by atoms with Gasteiger partial charge in [-0.2, -0.15) is 0 Å². The van der Waals surface area contributed by atoms with Crippen molar-refractivity contribution in [3.8, 4) is 5.75 Å². The van der Waals surface area contributed by atoms with Gasteiger partial charge >= 0.3 is 0 Å². The highest BCUT2D eigenvalue weighted by Gasteiger charge is 2.18. The first-order valence-electron chi connectivity index (χ1n) is 10.6. The minimum atomic E-state index is -0.0344. The van der Waals surface area contributed by atoms with Gasteiger partial charge in [-0.15, -0.1) is 0 Å². The van der Waals surface area contributed by atoms with Crippen LogP contribution in [0.25, 0.3) is 0 Å². The van der Waals surface area contributed by atoms with Gasteiger partial charge in [0.25, 0.3) is 0 Å². The van der Waals surface area contributed by atoms with E-state index < -0.39 is 0 Å². The summed E-state index contributed by atoms with van der Waals surface area (Å²) in [6, 6.07) is 21.9. The number of carbonyl (C=O) groups excluding carboxylic acids is 1. The lowest BCUT2D eigenvalue weighted by Gasteiger charge is -2.35. The molecule has 1 saturated heterocycles. The predicted molar refractivity (Wildman–Crippen MR) is 123 cm³/mol. The van der Waals surface area contributed by atoms with E-state index in [-0.39, 0.29) is 5.91 Å². The number of hydrogen-bond donors (Lipinski definition) is 1. The summed E-state index contributed by atoms with van der Waals surface area (Å²) in [5, 5.41) is 2.93. The zero-order chi connectivity index (χ0) is 21.5. The summed E-state index contributed by atoms with van der Waals surface area (Å²) >= 11 is 0. The molecule has 1 aliphatic heterocycles. The number of benzene rings is 2. The Hall–Kier alpha value is -3.38. The Morgan fingerprint density at radius 1 is 0.935 bits per heavy atom. The van der Waals surface area contributed by atoms with Crippen molar-refractivity contribution >= 4 is 17.4 Å². The van der Waals surface area contributed by atoms with Gasteiger partial charge < -0.3 is 15.0 Å². The van der Waals surface area contributed by atoms with E-state index in [1.807, 2.05) is 54.6 Å². The minimum absolute atomic E-state index is 0.0344. The maximum atomic E-state index is 12.2. The van der Waals surface area contributed by atoms with Crippen LogP contribution in [0.5, 0.6) is 5.75 Å². The van der Waals surface area contributed by atoms with Crippen molar-refractivity contribution in [2.45, 2.75) is 13.0 Å². The zero-order valence-corrected chi connectivity index (χ0v) is 17.8. The van der Waals surface area contributed by atoms with E-state index in [1.165, 1.54) is 5.56 Å². The van der Waals surface area contributed by atoms with E-state index in [2.05, 4.69) is 32.2 Å². The fraction of sp³-hybridized carbons (Fsp3) is 0.280. The first kappa shape index (κ1) is 20.9. The molecule has 1 aromatic heterocycles. The van der Waals surface area contributed by atoms with E-state index in [9.17, 15) is 4.79 Å². The molecule has 1 aliphatic rings. The Labute approximate surface area is 183 Å². The highest BCUT2D eigenvalue weighted by molar-refractivity contribution is 5.92. The van der Waals surface area contributed by atoms with Crippen molar-refractivity contribution < 1.29 is 9.53 Å². The molecule has 31 heavy (non-hydrogen) atoms. The predicted octanol–water partition coefficient (Wildman–Crippen LogP) is 3.59. The molecule has 0 saturated carbocycles. The van der Waals surface area contributed by atoms with Crippen LogP contribution < -0.4 is 15.0 Å². The molecule has 0 atom stereocenters. The monoisotopic (exact) mass is 416 g/mol. The number of nitrogens with one attached hydrogen (secondary N) is 1. The van der Waals surface area contributed by atoms with Crippen molar-refractivity contribution in [2.75, 3.05) is 43.5 Å². The van der Waals surface area contributed by atoms with E-state index in [1.54, 1.807) is 13.3 Å². The number of methoxy groups -OCH3 is 1. The highest BCUT2D eigenvalue weighted by atomic mass is 16.5. The molecule has 6 nitrogen and oxygen atoms in total. The molecule has 1 fully saturated rings. The van der Waals surface area contributed by atoms with Crippen molar-refractivity contribution in [1.82, 2.24) is 9.88 Å². The molecule has 2 aromatic carbocycles. The first-order valence-corrected chi connectivity index (χ1v) is 10.6. The lowest BCUT2D eigenvalue weighted by molar-refractivity contribution is -0.115. The van der Waals surface area contributed by atoms with Crippen molar-refractivity contribution in [3.63, 3.8) is 0 Å². The van der Waals surface area contributed by atoms with Crippen molar-refractivity contribution in [1.29, 1.82) is 0 Å². The topological polar surface area (TPSA) is 57.7 Å². The highest BCUT2D eigenvalue weighted by Crippen LogP contribution is 2.18. The summed E-state index contributed by atoms with van der Waals surface area (Å²) in [6.45, 7) is 4.79. The maximum absolute atomic E-state index is 12.2. The van der Waals surface area contributed by atoms with Crippen LogP contribution in [0.1, 0.15) is 11.1 Å². The van der Waals surface area contributed by atoms with Gasteiger partial charge in [-0.25, -0.2) is 4.98 Å². The summed E-state index contributed by atoms with van der Waals surface area (Å²) in [7, 11) is 1.69. The molecule has 4 rings (SSSR count). The van der Waals surface area contributed by atoms with Gasteiger partial charge in [0.2, 0.25) is 5.91 Å². The van der Waals surface area contributed by atoms with Crippen LogP contribution >= 0.6 is 0 Å². The van der Waals surface area contributed by atoms with Crippen molar-refractivity contribution in [2.24, 2.45) is 0 Å². The zero-order valence-electron chi connectivity index (χ0n) is 17.8. The van der Waals surface area contributed by atoms with Crippen LogP contribution in [-0.2, 0) is 17.8 Å². The third-order valence-corrected chi connectivity index (χ3v) is 5.50. The van der Waals surface area contributed by atoms with E-state index in [0.29, 0.717) is 6.42 Å². The van der Waals surface area contributed by atoms with E-state index in [4.69, 9.17) is 4.74 Å². The van der Waals surface area contributed by atoms with E-state index >= 15 is 0 Å². The number of pyridine rings is 1. The van der Waals surface area contributed by atoms with Crippen LogP contribution in [0.15, 0.2) is 72.9 Å². The number of carbonyl (C=O) groups is 1. The quantitative estimate of drug-likeness (QED) is 0.638. The molecule has 0 spiro atoms. The molecule has 6 heteroatoms. The van der Waals surface area contributed by atoms with Gasteiger partial charge in [0.1, 0.15) is 11.6 Å². The molecule has 1 N–H and O–H groups in total. The number of anilines is 2. The first-order chi connectivity index (χ1) is 15.2. The van der Waals surface area contributed by atoms with E-state index in [0.717, 1.165) is 55.5 Å². The van der Waals surface area contributed by atoms with Gasteiger partial charge in [0.15, 0.2) is 0 Å². The molecule has 160 valence electrons. The minimum Gasteiger partial charge on any atom is -0.497 e. The number of hydrogen-bond acceptors (Lipinski definition) is 5. The second-order valence-corrected chi connectivity index (χ2v) is 7.73. The Kier molecular flexibility index (Phi) is 6.79. The number of ether oxygens (including phenoxy) is 1. The normalized spacial score (nSPS) is 14.3. The average molecular weight is 417 g/mol. The fourth-order valence-electron chi connectivity index (χ4n) is 3.76. The van der Waals surface area contributed by atoms with Gasteiger partial charge in [-0.1, -0.05) is 42.5 Å². The molecule has 3 aromatic rings. The Morgan fingerprint density at radius 3 is 2.32 bits per heavy atom. The molecule has 0 bridgehead atoms. The number of nitrogens with zero attached hydrogens (tertiary/aromatic N) is 3. The number of rotatable bonds is 7. The number of aromatic nitrogens is 1.